The van der Waals surface area contributed by atoms with Crippen LogP contribution in [0.5, 0.6) is 0 Å². The molecule has 0 saturated carbocycles. The maximum Gasteiger partial charge on any atom is 0.233 e. The van der Waals surface area contributed by atoms with Crippen LogP contribution in [0.1, 0.15) is 18.2 Å². The highest BCUT2D eigenvalue weighted by Gasteiger charge is 2.14. The van der Waals surface area contributed by atoms with Gasteiger partial charge in [-0.1, -0.05) is 12.1 Å². The highest BCUT2D eigenvalue weighted by molar-refractivity contribution is 8.00. The van der Waals surface area contributed by atoms with Crippen molar-refractivity contribution < 1.29 is 14.3 Å². The predicted octanol–water partition coefficient (Wildman–Crippen LogP) is 2.57. The molecule has 1 heterocycles. The molecule has 0 fully saturated rings. The molecule has 0 aliphatic carbocycles. The molecule has 0 aliphatic rings. The Balaban J connectivity index is 1.83. The number of aliphatic hydroxyl groups excluding tert-OH is 1. The first-order chi connectivity index (χ1) is 9.69. The molecule has 1 amide bonds. The van der Waals surface area contributed by atoms with Crippen LogP contribution in [0.15, 0.2) is 52.0 Å². The Kier molecular flexibility index (Phi) is 5.26. The summed E-state index contributed by atoms with van der Waals surface area (Å²) in [6.07, 6.45) is 1.59. The summed E-state index contributed by atoms with van der Waals surface area (Å²) in [6.45, 7) is 2.30. The Morgan fingerprint density at radius 1 is 1.35 bits per heavy atom. The third-order valence-electron chi connectivity index (χ3n) is 2.80. The Morgan fingerprint density at radius 2 is 2.10 bits per heavy atom. The zero-order valence-electron chi connectivity index (χ0n) is 11.2. The van der Waals surface area contributed by atoms with Crippen molar-refractivity contribution in [1.82, 2.24) is 5.32 Å². The second-order valence-corrected chi connectivity index (χ2v) is 5.77. The molecule has 0 aliphatic heterocycles. The van der Waals surface area contributed by atoms with E-state index in [1.807, 2.05) is 37.3 Å². The van der Waals surface area contributed by atoms with E-state index in [4.69, 9.17) is 9.52 Å². The summed E-state index contributed by atoms with van der Waals surface area (Å²) in [6, 6.07) is 11.2. The second kappa shape index (κ2) is 7.17. The van der Waals surface area contributed by atoms with Crippen molar-refractivity contribution in [3.05, 3.63) is 54.0 Å². The first kappa shape index (κ1) is 14.7. The van der Waals surface area contributed by atoms with Gasteiger partial charge in [0, 0.05) is 4.90 Å². The van der Waals surface area contributed by atoms with Crippen LogP contribution in [0.4, 0.5) is 0 Å². The van der Waals surface area contributed by atoms with Gasteiger partial charge in [0.25, 0.3) is 0 Å². The molecule has 1 atom stereocenters. The van der Waals surface area contributed by atoms with E-state index in [-0.39, 0.29) is 17.8 Å². The van der Waals surface area contributed by atoms with Crippen molar-refractivity contribution in [1.29, 1.82) is 0 Å². The second-order valence-electron chi connectivity index (χ2n) is 4.36. The molecule has 5 heteroatoms. The normalized spacial score (nSPS) is 12.1. The van der Waals surface area contributed by atoms with Crippen LogP contribution >= 0.6 is 11.8 Å². The molecule has 20 heavy (non-hydrogen) atoms. The molecule has 1 aromatic heterocycles. The van der Waals surface area contributed by atoms with Gasteiger partial charge >= 0.3 is 0 Å². The molecule has 0 saturated heterocycles. The third-order valence-corrected chi connectivity index (χ3v) is 3.92. The van der Waals surface area contributed by atoms with Crippen molar-refractivity contribution >= 4 is 17.7 Å². The SMILES string of the molecule is CC(Sc1ccc(CO)cc1)C(=O)NCc1ccco1. The van der Waals surface area contributed by atoms with Gasteiger partial charge in [0.1, 0.15) is 5.76 Å². The van der Waals surface area contributed by atoms with Crippen LogP contribution in [0, 0.1) is 0 Å². The van der Waals surface area contributed by atoms with Crippen molar-refractivity contribution in [2.24, 2.45) is 0 Å². The molecular weight excluding hydrogens is 274 g/mol. The number of nitrogens with one attached hydrogen (secondary N) is 1. The number of furan rings is 1. The lowest BCUT2D eigenvalue weighted by Crippen LogP contribution is -2.30. The minimum absolute atomic E-state index is 0.0300. The Bertz CT molecular complexity index is 537. The number of amides is 1. The molecular formula is C15H17NO3S. The van der Waals surface area contributed by atoms with Crippen molar-refractivity contribution in [3.8, 4) is 0 Å². The summed E-state index contributed by atoms with van der Waals surface area (Å²) in [5.41, 5.74) is 0.865. The van der Waals surface area contributed by atoms with Crippen LogP contribution in [0.25, 0.3) is 0 Å². The predicted molar refractivity (Wildman–Crippen MR) is 78.2 cm³/mol. The fourth-order valence-electron chi connectivity index (χ4n) is 1.66. The van der Waals surface area contributed by atoms with Gasteiger partial charge in [-0.3, -0.25) is 4.79 Å². The molecule has 4 nitrogen and oxygen atoms in total. The van der Waals surface area contributed by atoms with Gasteiger partial charge in [0.15, 0.2) is 0 Å². The van der Waals surface area contributed by atoms with E-state index in [9.17, 15) is 4.79 Å². The lowest BCUT2D eigenvalue weighted by Gasteiger charge is -2.11. The Hall–Kier alpha value is -1.72. The first-order valence-electron chi connectivity index (χ1n) is 6.35. The van der Waals surface area contributed by atoms with E-state index < -0.39 is 0 Å². The van der Waals surface area contributed by atoms with Crippen LogP contribution < -0.4 is 5.32 Å². The summed E-state index contributed by atoms with van der Waals surface area (Å²) < 4.78 is 5.16. The molecule has 0 bridgehead atoms. The van der Waals surface area contributed by atoms with Gasteiger partial charge in [-0.25, -0.2) is 0 Å². The molecule has 2 rings (SSSR count). The average molecular weight is 291 g/mol. The van der Waals surface area contributed by atoms with Gasteiger partial charge in [-0.05, 0) is 36.8 Å². The van der Waals surface area contributed by atoms with Crippen LogP contribution in [0.2, 0.25) is 0 Å². The number of aliphatic hydroxyl groups is 1. The van der Waals surface area contributed by atoms with Gasteiger partial charge in [-0.2, -0.15) is 0 Å². The Morgan fingerprint density at radius 3 is 2.70 bits per heavy atom. The van der Waals surface area contributed by atoms with E-state index in [0.717, 1.165) is 16.2 Å². The largest absolute Gasteiger partial charge is 0.467 e. The number of hydrogen-bond acceptors (Lipinski definition) is 4. The molecule has 2 N–H and O–H groups in total. The smallest absolute Gasteiger partial charge is 0.233 e. The van der Waals surface area contributed by atoms with Crippen LogP contribution in [-0.2, 0) is 17.9 Å². The van der Waals surface area contributed by atoms with Gasteiger partial charge in [-0.15, -0.1) is 11.8 Å². The number of hydrogen-bond donors (Lipinski definition) is 2. The summed E-state index contributed by atoms with van der Waals surface area (Å²) in [5.74, 6) is 0.709. The van der Waals surface area contributed by atoms with Gasteiger partial charge in [0.05, 0.1) is 24.7 Å². The number of thioether (sulfide) groups is 1. The Labute approximate surface area is 122 Å². The summed E-state index contributed by atoms with van der Waals surface area (Å²) in [5, 5.41) is 11.6. The van der Waals surface area contributed by atoms with E-state index in [0.29, 0.717) is 6.54 Å². The quantitative estimate of drug-likeness (QED) is 0.803. The average Bonchev–Trinajstić information content (AvgIpc) is 2.98. The van der Waals surface area contributed by atoms with E-state index >= 15 is 0 Å². The zero-order chi connectivity index (χ0) is 14.4. The number of rotatable bonds is 6. The molecule has 0 spiro atoms. The summed E-state index contributed by atoms with van der Waals surface area (Å²) in [4.78, 5) is 13.0. The van der Waals surface area contributed by atoms with Gasteiger partial charge < -0.3 is 14.8 Å². The number of carbonyl (C=O) groups excluding carboxylic acids is 1. The zero-order valence-corrected chi connectivity index (χ0v) is 12.0. The minimum Gasteiger partial charge on any atom is -0.467 e. The minimum atomic E-state index is -0.190. The molecule has 106 valence electrons. The first-order valence-corrected chi connectivity index (χ1v) is 7.23. The standard InChI is InChI=1S/C15H17NO3S/c1-11(15(18)16-9-13-3-2-8-19-13)20-14-6-4-12(10-17)5-7-14/h2-8,11,17H,9-10H2,1H3,(H,16,18). The van der Waals surface area contributed by atoms with E-state index in [1.165, 1.54) is 11.8 Å². The molecule has 2 aromatic rings. The number of benzene rings is 1. The van der Waals surface area contributed by atoms with Crippen LogP contribution in [0.3, 0.4) is 0 Å². The fraction of sp³-hybridized carbons (Fsp3) is 0.267. The van der Waals surface area contributed by atoms with Gasteiger partial charge in [0.2, 0.25) is 5.91 Å². The lowest BCUT2D eigenvalue weighted by molar-refractivity contribution is -0.120. The maximum absolute atomic E-state index is 12.0. The molecule has 1 aromatic carbocycles. The van der Waals surface area contributed by atoms with Crippen molar-refractivity contribution in [3.63, 3.8) is 0 Å². The highest BCUT2D eigenvalue weighted by Crippen LogP contribution is 2.23. The number of carbonyl (C=O) groups is 1. The maximum atomic E-state index is 12.0. The monoisotopic (exact) mass is 291 g/mol. The molecule has 0 radical (unpaired) electrons. The van der Waals surface area contributed by atoms with E-state index in [1.54, 1.807) is 12.3 Å². The van der Waals surface area contributed by atoms with Crippen molar-refractivity contribution in [2.75, 3.05) is 0 Å². The fourth-order valence-corrected chi connectivity index (χ4v) is 2.55. The van der Waals surface area contributed by atoms with Crippen LogP contribution in [-0.4, -0.2) is 16.3 Å². The lowest BCUT2D eigenvalue weighted by atomic mass is 10.2. The summed E-state index contributed by atoms with van der Waals surface area (Å²) in [7, 11) is 0. The molecule has 1 unspecified atom stereocenters. The van der Waals surface area contributed by atoms with E-state index in [2.05, 4.69) is 5.32 Å². The third kappa shape index (κ3) is 4.15. The topological polar surface area (TPSA) is 62.5 Å². The summed E-state index contributed by atoms with van der Waals surface area (Å²) >= 11 is 1.48. The highest BCUT2D eigenvalue weighted by atomic mass is 32.2. The van der Waals surface area contributed by atoms with Crippen molar-refractivity contribution in [2.45, 2.75) is 30.2 Å².